The molecule has 3 aromatic carbocycles. The number of hydrogen-bond donors (Lipinski definition) is 3. The average Bonchev–Trinajstić information content (AvgIpc) is 3.16. The highest BCUT2D eigenvalue weighted by molar-refractivity contribution is 8.00. The van der Waals surface area contributed by atoms with Gasteiger partial charge in [0.15, 0.2) is 0 Å². The number of anilines is 2. The van der Waals surface area contributed by atoms with Gasteiger partial charge in [0.05, 0.1) is 10.5 Å². The van der Waals surface area contributed by atoms with E-state index in [1.165, 1.54) is 28.8 Å². The summed E-state index contributed by atoms with van der Waals surface area (Å²) in [5.74, 6) is 0.463. The number of rotatable bonds is 12. The number of amides is 1. The highest BCUT2D eigenvalue weighted by Gasteiger charge is 2.49. The molecule has 5 unspecified atom stereocenters. The number of fused-ring (bicyclic) bond motifs is 2. The summed E-state index contributed by atoms with van der Waals surface area (Å²) < 4.78 is 70.5. The topological polar surface area (TPSA) is 102 Å². The molecule has 8 nitrogen and oxygen atoms in total. The molecular weight excluding hydrogens is 841 g/mol. The largest absolute Gasteiger partial charge is 0.446 e. The molecule has 3 aliphatic carbocycles. The Morgan fingerprint density at radius 3 is 2.33 bits per heavy atom. The molecule has 3 aromatic rings. The minimum Gasteiger partial charge on any atom is -0.390 e. The van der Waals surface area contributed by atoms with E-state index < -0.39 is 43.7 Å². The lowest BCUT2D eigenvalue weighted by Gasteiger charge is -2.53. The van der Waals surface area contributed by atoms with Crippen molar-refractivity contribution in [3.8, 4) is 0 Å². The number of nitrogens with one attached hydrogen (secondary N) is 2. The van der Waals surface area contributed by atoms with Crippen LogP contribution in [0.25, 0.3) is 5.57 Å². The molecule has 332 valence electrons. The van der Waals surface area contributed by atoms with Gasteiger partial charge in [0.25, 0.3) is 15.9 Å². The van der Waals surface area contributed by atoms with E-state index in [2.05, 4.69) is 59.7 Å². The number of nitrogens with zero attached hydrogens (tertiary/aromatic N) is 2. The molecule has 0 radical (unpaired) electrons. The Labute approximate surface area is 369 Å². The zero-order chi connectivity index (χ0) is 44.0. The van der Waals surface area contributed by atoms with Crippen molar-refractivity contribution in [2.45, 2.75) is 107 Å². The lowest BCUT2D eigenvalue weighted by atomic mass is 9.55. The Hall–Kier alpha value is -3.23. The summed E-state index contributed by atoms with van der Waals surface area (Å²) in [6.45, 7) is 15.6. The van der Waals surface area contributed by atoms with Crippen LogP contribution in [-0.2, 0) is 10.0 Å². The first kappa shape index (κ1) is 45.8. The van der Waals surface area contributed by atoms with Crippen LogP contribution in [0.4, 0.5) is 24.5 Å². The maximum atomic E-state index is 13.8. The molecule has 2 bridgehead atoms. The number of alkyl halides is 3. The van der Waals surface area contributed by atoms with Gasteiger partial charge in [0.1, 0.15) is 0 Å². The van der Waals surface area contributed by atoms with Gasteiger partial charge in [0, 0.05) is 66.1 Å². The van der Waals surface area contributed by atoms with Crippen LogP contribution in [0.15, 0.2) is 82.1 Å². The highest BCUT2D eigenvalue weighted by atomic mass is 35.5. The van der Waals surface area contributed by atoms with Crippen molar-refractivity contribution in [2.24, 2.45) is 28.6 Å². The summed E-state index contributed by atoms with van der Waals surface area (Å²) in [5, 5.41) is 15.0. The molecule has 4 aliphatic rings. The van der Waals surface area contributed by atoms with Crippen LogP contribution >= 0.6 is 23.4 Å². The third-order valence-corrected chi connectivity index (χ3v) is 16.3. The number of aliphatic hydroxyl groups is 1. The van der Waals surface area contributed by atoms with E-state index in [9.17, 15) is 31.5 Å². The zero-order valence-corrected chi connectivity index (χ0v) is 38.3. The standard InChI is InChI=1S/C47H60ClF3N4O4S2/c1-31(2)44(4)17-16-40(34-6-10-37(48)11-7-34)36(27-44)28-54-18-20-55(21-19-54)38-12-8-35(9-13-38)43(56)53-61(58,59)39-14-15-41(42(23-39)60-47(49,50)51)52-30-46-24-32(3)22-33(26-46)25-45(5,57)29-46/h6-15,23,31-33,52,57H,16-22,24-30H2,1-5H3,(H,53,56). The first-order chi connectivity index (χ1) is 28.6. The number of hydrogen-bond acceptors (Lipinski definition) is 8. The van der Waals surface area contributed by atoms with Gasteiger partial charge in [-0.25, -0.2) is 13.1 Å². The fourth-order valence-corrected chi connectivity index (χ4v) is 12.8. The molecule has 1 amide bonds. The quantitative estimate of drug-likeness (QED) is 0.155. The molecule has 2 saturated carbocycles. The van der Waals surface area contributed by atoms with Gasteiger partial charge in [0.2, 0.25) is 0 Å². The number of halogens is 4. The van der Waals surface area contributed by atoms with E-state index in [1.54, 1.807) is 24.3 Å². The minimum absolute atomic E-state index is 0.115. The maximum absolute atomic E-state index is 13.8. The number of sulfonamides is 1. The van der Waals surface area contributed by atoms with Gasteiger partial charge in [-0.1, -0.05) is 57.0 Å². The number of allylic oxidation sites excluding steroid dienone is 1. The summed E-state index contributed by atoms with van der Waals surface area (Å²) in [5.41, 5.74) is -0.230. The predicted octanol–water partition coefficient (Wildman–Crippen LogP) is 10.9. The van der Waals surface area contributed by atoms with E-state index in [-0.39, 0.29) is 27.0 Å². The van der Waals surface area contributed by atoms with E-state index >= 15 is 0 Å². The van der Waals surface area contributed by atoms with Gasteiger partial charge in [-0.2, -0.15) is 13.2 Å². The summed E-state index contributed by atoms with van der Waals surface area (Å²) in [7, 11) is -4.53. The van der Waals surface area contributed by atoms with Crippen LogP contribution in [-0.4, -0.2) is 74.7 Å². The second-order valence-corrected chi connectivity index (χ2v) is 22.6. The van der Waals surface area contributed by atoms with Crippen LogP contribution in [0.5, 0.6) is 0 Å². The fraction of sp³-hybridized carbons (Fsp3) is 0.553. The predicted molar refractivity (Wildman–Crippen MR) is 241 cm³/mol. The Morgan fingerprint density at radius 2 is 1.67 bits per heavy atom. The Morgan fingerprint density at radius 1 is 0.984 bits per heavy atom. The van der Waals surface area contributed by atoms with Gasteiger partial charge in [-0.3, -0.25) is 9.69 Å². The van der Waals surface area contributed by atoms with Crippen molar-refractivity contribution in [3.05, 3.63) is 88.5 Å². The molecule has 5 atom stereocenters. The van der Waals surface area contributed by atoms with Gasteiger partial charge in [-0.15, -0.1) is 0 Å². The van der Waals surface area contributed by atoms with Crippen LogP contribution in [0.2, 0.25) is 5.02 Å². The first-order valence-corrected chi connectivity index (χ1v) is 24.3. The molecule has 1 aliphatic heterocycles. The van der Waals surface area contributed by atoms with Crippen LogP contribution < -0.4 is 14.9 Å². The normalized spacial score (nSPS) is 27.6. The summed E-state index contributed by atoms with van der Waals surface area (Å²) in [6, 6.07) is 18.4. The fourth-order valence-electron chi connectivity index (χ4n) is 10.9. The Balaban J connectivity index is 0.983. The van der Waals surface area contributed by atoms with Gasteiger partial charge in [-0.05, 0) is 164 Å². The molecule has 1 saturated heterocycles. The summed E-state index contributed by atoms with van der Waals surface area (Å²) in [6.07, 6.45) is 7.23. The van der Waals surface area contributed by atoms with Crippen molar-refractivity contribution in [1.82, 2.24) is 9.62 Å². The Kier molecular flexibility index (Phi) is 13.3. The van der Waals surface area contributed by atoms with Gasteiger partial charge >= 0.3 is 5.51 Å². The van der Waals surface area contributed by atoms with Gasteiger partial charge < -0.3 is 15.3 Å². The zero-order valence-electron chi connectivity index (χ0n) is 35.9. The molecular formula is C47H60ClF3N4O4S2. The lowest BCUT2D eigenvalue weighted by Crippen LogP contribution is -2.50. The van der Waals surface area contributed by atoms with E-state index in [4.69, 9.17) is 11.6 Å². The molecule has 7 rings (SSSR count). The van der Waals surface area contributed by atoms with Crippen molar-refractivity contribution in [3.63, 3.8) is 0 Å². The molecule has 3 fully saturated rings. The smallest absolute Gasteiger partial charge is 0.390 e. The number of thioether (sulfide) groups is 1. The monoisotopic (exact) mass is 900 g/mol. The van der Waals surface area contributed by atoms with Crippen molar-refractivity contribution in [1.29, 1.82) is 0 Å². The molecule has 14 heteroatoms. The van der Waals surface area contributed by atoms with Crippen LogP contribution in [0.1, 0.15) is 102 Å². The van der Waals surface area contributed by atoms with Crippen LogP contribution in [0, 0.1) is 28.6 Å². The second kappa shape index (κ2) is 17.7. The summed E-state index contributed by atoms with van der Waals surface area (Å²) in [4.78, 5) is 17.3. The number of carbonyl (C=O) groups excluding carboxylic acids is 1. The van der Waals surface area contributed by atoms with E-state index in [0.717, 1.165) is 88.0 Å². The first-order valence-electron chi connectivity index (χ1n) is 21.6. The number of piperazine rings is 1. The molecule has 0 spiro atoms. The third-order valence-electron chi connectivity index (χ3n) is 14.0. The maximum Gasteiger partial charge on any atom is 0.446 e. The molecule has 61 heavy (non-hydrogen) atoms. The van der Waals surface area contributed by atoms with Crippen molar-refractivity contribution < 1.29 is 31.5 Å². The second-order valence-electron chi connectivity index (χ2n) is 19.4. The third kappa shape index (κ3) is 11.1. The SMILES string of the molecule is CC1CC2CC(C)(O)CC(CNc3ccc(S(=O)(=O)NC(=O)c4ccc(N5CCN(CC6=C(c7ccc(Cl)cc7)CCC(C)(C(C)C)C6)CC5)cc4)cc3SC(F)(F)F)(C1)C2. The Bertz CT molecular complexity index is 2210. The van der Waals surface area contributed by atoms with Crippen molar-refractivity contribution in [2.75, 3.05) is 49.5 Å². The lowest BCUT2D eigenvalue weighted by molar-refractivity contribution is -0.0855. The highest BCUT2D eigenvalue weighted by Crippen LogP contribution is 2.54. The number of benzene rings is 3. The van der Waals surface area contributed by atoms with Crippen LogP contribution in [0.3, 0.4) is 0 Å². The van der Waals surface area contributed by atoms with Crippen molar-refractivity contribution >= 4 is 56.2 Å². The summed E-state index contributed by atoms with van der Waals surface area (Å²) >= 11 is 5.83. The molecule has 3 N–H and O–H groups in total. The average molecular weight is 902 g/mol. The van der Waals surface area contributed by atoms with E-state index in [0.29, 0.717) is 37.1 Å². The minimum atomic E-state index is -4.68. The van der Waals surface area contributed by atoms with E-state index in [1.807, 2.05) is 19.1 Å². The molecule has 0 aromatic heterocycles. The molecule has 1 heterocycles. The number of carbonyl (C=O) groups is 1.